The van der Waals surface area contributed by atoms with E-state index in [2.05, 4.69) is 10.4 Å². The summed E-state index contributed by atoms with van der Waals surface area (Å²) in [6.07, 6.45) is 1.50. The molecule has 0 bridgehead atoms. The van der Waals surface area contributed by atoms with Crippen molar-refractivity contribution in [2.24, 2.45) is 7.05 Å². The molecule has 0 saturated carbocycles. The summed E-state index contributed by atoms with van der Waals surface area (Å²) in [5.74, 6) is -0.336. The smallest absolute Gasteiger partial charge is 0.259 e. The number of hydrogen-bond acceptors (Lipinski definition) is 3. The highest BCUT2D eigenvalue weighted by molar-refractivity contribution is 6.40. The van der Waals surface area contributed by atoms with Crippen molar-refractivity contribution < 1.29 is 4.79 Å². The van der Waals surface area contributed by atoms with Crippen molar-refractivity contribution in [3.8, 4) is 6.07 Å². The first-order chi connectivity index (χ1) is 9.02. The SMILES string of the molecule is Cn1cc(C#N)c(NC(=O)c2c(Cl)cccc2Cl)n1. The topological polar surface area (TPSA) is 70.7 Å². The van der Waals surface area contributed by atoms with Crippen LogP contribution in [0.25, 0.3) is 0 Å². The highest BCUT2D eigenvalue weighted by Gasteiger charge is 2.17. The maximum absolute atomic E-state index is 12.1. The van der Waals surface area contributed by atoms with Gasteiger partial charge in [0.15, 0.2) is 5.82 Å². The molecule has 0 aliphatic heterocycles. The third-order valence-corrected chi connectivity index (χ3v) is 3.00. The van der Waals surface area contributed by atoms with Gasteiger partial charge < -0.3 is 5.32 Å². The lowest BCUT2D eigenvalue weighted by molar-refractivity contribution is 0.102. The van der Waals surface area contributed by atoms with Gasteiger partial charge in [-0.15, -0.1) is 0 Å². The van der Waals surface area contributed by atoms with E-state index < -0.39 is 5.91 Å². The Bertz CT molecular complexity index is 667. The van der Waals surface area contributed by atoms with Gasteiger partial charge in [0.05, 0.1) is 15.6 Å². The zero-order valence-corrected chi connectivity index (χ0v) is 11.3. The van der Waals surface area contributed by atoms with Crippen molar-refractivity contribution >= 4 is 34.9 Å². The fourth-order valence-corrected chi connectivity index (χ4v) is 2.12. The van der Waals surface area contributed by atoms with E-state index in [9.17, 15) is 4.79 Å². The molecule has 0 aliphatic carbocycles. The van der Waals surface area contributed by atoms with Crippen LogP contribution in [-0.2, 0) is 7.05 Å². The molecule has 1 N–H and O–H groups in total. The van der Waals surface area contributed by atoms with Crippen molar-refractivity contribution in [1.29, 1.82) is 5.26 Å². The second kappa shape index (κ2) is 5.31. The van der Waals surface area contributed by atoms with Gasteiger partial charge in [0, 0.05) is 13.2 Å². The summed E-state index contributed by atoms with van der Waals surface area (Å²) in [5.41, 5.74) is 0.416. The number of aromatic nitrogens is 2. The van der Waals surface area contributed by atoms with Gasteiger partial charge in [-0.1, -0.05) is 29.3 Å². The van der Waals surface area contributed by atoms with Crippen LogP contribution < -0.4 is 5.32 Å². The molecule has 1 heterocycles. The number of benzene rings is 1. The second-order valence-electron chi connectivity index (χ2n) is 3.73. The monoisotopic (exact) mass is 294 g/mol. The summed E-state index contributed by atoms with van der Waals surface area (Å²) in [6, 6.07) is 6.70. The van der Waals surface area contributed by atoms with Crippen LogP contribution in [0.3, 0.4) is 0 Å². The number of amides is 1. The molecular weight excluding hydrogens is 287 g/mol. The zero-order valence-electron chi connectivity index (χ0n) is 9.82. The van der Waals surface area contributed by atoms with Gasteiger partial charge in [-0.25, -0.2) is 0 Å². The molecule has 2 aromatic rings. The first kappa shape index (κ1) is 13.4. The lowest BCUT2D eigenvalue weighted by Gasteiger charge is -2.06. The molecule has 7 heteroatoms. The van der Waals surface area contributed by atoms with E-state index in [1.807, 2.05) is 6.07 Å². The molecule has 1 aromatic carbocycles. The summed E-state index contributed by atoms with van der Waals surface area (Å²) in [6.45, 7) is 0. The van der Waals surface area contributed by atoms with E-state index in [0.717, 1.165) is 0 Å². The number of nitriles is 1. The molecule has 2 rings (SSSR count). The Kier molecular flexibility index (Phi) is 3.74. The fourth-order valence-electron chi connectivity index (χ4n) is 1.55. The van der Waals surface area contributed by atoms with Crippen molar-refractivity contribution in [3.05, 3.63) is 45.6 Å². The summed E-state index contributed by atoms with van der Waals surface area (Å²) >= 11 is 11.9. The average molecular weight is 295 g/mol. The van der Waals surface area contributed by atoms with Crippen molar-refractivity contribution in [3.63, 3.8) is 0 Å². The summed E-state index contributed by atoms with van der Waals surface area (Å²) in [7, 11) is 1.65. The van der Waals surface area contributed by atoms with Crippen molar-refractivity contribution in [2.45, 2.75) is 0 Å². The molecule has 0 fully saturated rings. The zero-order chi connectivity index (χ0) is 14.0. The van der Waals surface area contributed by atoms with Crippen LogP contribution in [0, 0.1) is 11.3 Å². The molecule has 0 unspecified atom stereocenters. The van der Waals surface area contributed by atoms with Crippen LogP contribution >= 0.6 is 23.2 Å². The van der Waals surface area contributed by atoms with Crippen LogP contribution in [0.5, 0.6) is 0 Å². The largest absolute Gasteiger partial charge is 0.304 e. The Morgan fingerprint density at radius 2 is 2.05 bits per heavy atom. The Morgan fingerprint density at radius 3 is 2.63 bits per heavy atom. The van der Waals surface area contributed by atoms with Crippen LogP contribution in [0.1, 0.15) is 15.9 Å². The molecule has 19 heavy (non-hydrogen) atoms. The maximum Gasteiger partial charge on any atom is 0.259 e. The molecule has 0 saturated heterocycles. The predicted molar refractivity (Wildman–Crippen MR) is 72.3 cm³/mol. The molecule has 0 spiro atoms. The van der Waals surface area contributed by atoms with Crippen LogP contribution in [0.4, 0.5) is 5.82 Å². The number of aryl methyl sites for hydroxylation is 1. The van der Waals surface area contributed by atoms with Crippen LogP contribution in [-0.4, -0.2) is 15.7 Å². The van der Waals surface area contributed by atoms with Gasteiger partial charge in [0.1, 0.15) is 11.6 Å². The minimum atomic E-state index is -0.509. The van der Waals surface area contributed by atoms with E-state index >= 15 is 0 Å². The third-order valence-electron chi connectivity index (χ3n) is 2.37. The number of nitrogens with one attached hydrogen (secondary N) is 1. The predicted octanol–water partition coefficient (Wildman–Crippen LogP) is 2.85. The Hall–Kier alpha value is -2.03. The molecular formula is C12H8Cl2N4O. The number of nitrogens with zero attached hydrogens (tertiary/aromatic N) is 3. The first-order valence-electron chi connectivity index (χ1n) is 5.22. The van der Waals surface area contributed by atoms with Gasteiger partial charge in [0.2, 0.25) is 0 Å². The number of anilines is 1. The number of rotatable bonds is 2. The molecule has 5 nitrogen and oxygen atoms in total. The lowest BCUT2D eigenvalue weighted by Crippen LogP contribution is -2.14. The van der Waals surface area contributed by atoms with E-state index in [0.29, 0.717) is 0 Å². The van der Waals surface area contributed by atoms with Gasteiger partial charge >= 0.3 is 0 Å². The lowest BCUT2D eigenvalue weighted by atomic mass is 10.2. The maximum atomic E-state index is 12.1. The van der Waals surface area contributed by atoms with Crippen molar-refractivity contribution in [2.75, 3.05) is 5.32 Å². The summed E-state index contributed by atoms with van der Waals surface area (Å²) in [4.78, 5) is 12.1. The molecule has 1 amide bonds. The Labute approximate surface area is 119 Å². The molecule has 0 atom stereocenters. The van der Waals surface area contributed by atoms with E-state index in [4.69, 9.17) is 28.5 Å². The fraction of sp³-hybridized carbons (Fsp3) is 0.0833. The molecule has 0 radical (unpaired) electrons. The third kappa shape index (κ3) is 2.70. The number of carbonyl (C=O) groups is 1. The minimum Gasteiger partial charge on any atom is -0.304 e. The second-order valence-corrected chi connectivity index (χ2v) is 4.54. The number of carbonyl (C=O) groups excluding carboxylic acids is 1. The highest BCUT2D eigenvalue weighted by Crippen LogP contribution is 2.25. The molecule has 96 valence electrons. The van der Waals surface area contributed by atoms with E-state index in [-0.39, 0.29) is 27.0 Å². The Morgan fingerprint density at radius 1 is 1.42 bits per heavy atom. The standard InChI is InChI=1S/C12H8Cl2N4O/c1-18-6-7(5-15)11(17-18)16-12(19)10-8(13)3-2-4-9(10)14/h2-4,6H,1H3,(H,16,17,19). The van der Waals surface area contributed by atoms with Crippen molar-refractivity contribution in [1.82, 2.24) is 9.78 Å². The van der Waals surface area contributed by atoms with Gasteiger partial charge in [0.25, 0.3) is 5.91 Å². The normalized spacial score (nSPS) is 10.0. The van der Waals surface area contributed by atoms with Gasteiger partial charge in [-0.05, 0) is 12.1 Å². The average Bonchev–Trinajstić information content (AvgIpc) is 2.69. The number of halogens is 2. The van der Waals surface area contributed by atoms with E-state index in [1.165, 1.54) is 10.9 Å². The summed E-state index contributed by atoms with van der Waals surface area (Å²) < 4.78 is 1.43. The van der Waals surface area contributed by atoms with Gasteiger partial charge in [-0.3, -0.25) is 9.48 Å². The van der Waals surface area contributed by atoms with Crippen LogP contribution in [0.15, 0.2) is 24.4 Å². The van der Waals surface area contributed by atoms with Gasteiger partial charge in [-0.2, -0.15) is 10.4 Å². The highest BCUT2D eigenvalue weighted by atomic mass is 35.5. The van der Waals surface area contributed by atoms with E-state index in [1.54, 1.807) is 25.2 Å². The first-order valence-corrected chi connectivity index (χ1v) is 5.97. The number of hydrogen-bond donors (Lipinski definition) is 1. The Balaban J connectivity index is 2.34. The molecule has 0 aliphatic rings. The van der Waals surface area contributed by atoms with Crippen LogP contribution in [0.2, 0.25) is 10.0 Å². The molecule has 1 aromatic heterocycles. The summed E-state index contributed by atoms with van der Waals surface area (Å²) in [5, 5.41) is 15.9. The quantitative estimate of drug-likeness (QED) is 0.926. The minimum absolute atomic E-state index is 0.153.